The van der Waals surface area contributed by atoms with Crippen molar-refractivity contribution < 1.29 is 34.0 Å². The molecular formula is C46H58O7. The molecule has 0 radical (unpaired) electrons. The van der Waals surface area contributed by atoms with Crippen molar-refractivity contribution in [3.8, 4) is 11.5 Å². The van der Waals surface area contributed by atoms with Crippen LogP contribution >= 0.6 is 0 Å². The number of phenolic OH excluding ortho intramolecular Hbond substituents is 1. The third-order valence-corrected chi connectivity index (χ3v) is 12.6. The van der Waals surface area contributed by atoms with E-state index in [0.29, 0.717) is 28.1 Å². The van der Waals surface area contributed by atoms with Crippen molar-refractivity contribution in [2.75, 3.05) is 14.2 Å². The Kier molecular flexibility index (Phi) is 13.0. The number of carbonyl (C=O) groups is 2. The number of rotatable bonds is 4. The van der Waals surface area contributed by atoms with Crippen LogP contribution < -0.4 is 4.74 Å². The van der Waals surface area contributed by atoms with Gasteiger partial charge in [0.1, 0.15) is 11.5 Å². The van der Waals surface area contributed by atoms with Crippen molar-refractivity contribution in [2.24, 2.45) is 10.8 Å². The Morgan fingerprint density at radius 3 is 1.49 bits per heavy atom. The summed E-state index contributed by atoms with van der Waals surface area (Å²) in [5, 5.41) is 22.6. The van der Waals surface area contributed by atoms with E-state index in [1.54, 1.807) is 36.4 Å². The van der Waals surface area contributed by atoms with E-state index < -0.39 is 0 Å². The SMILES string of the molecule is COC(=O)c1ccc2cc(O)ccc2c1.COC(=O)c1ccc2cc(OC3CCC4(CCCCC4)CC3)ccc2c1.OC1CCC2(CCCCC2)CC1. The van der Waals surface area contributed by atoms with E-state index in [1.165, 1.54) is 117 Å². The van der Waals surface area contributed by atoms with E-state index in [-0.39, 0.29) is 23.8 Å². The molecule has 4 saturated carbocycles. The number of fused-ring (bicyclic) bond motifs is 2. The molecule has 284 valence electrons. The van der Waals surface area contributed by atoms with Gasteiger partial charge in [0.05, 0.1) is 37.6 Å². The summed E-state index contributed by atoms with van der Waals surface area (Å²) >= 11 is 0. The first-order chi connectivity index (χ1) is 25.7. The third kappa shape index (κ3) is 10.1. The van der Waals surface area contributed by atoms with Crippen molar-refractivity contribution in [1.82, 2.24) is 0 Å². The standard InChI is InChI=1S/C23H28O3.C12H10O3.C11H20O/c1-25-22(24)19-6-5-18-16-21(8-7-17(18)15-19)26-20-9-13-23(14-10-20)11-3-2-4-12-23;1-15-12(14)10-3-2-9-7-11(13)5-4-8(9)6-10;12-10-4-8-11(9-5-10)6-2-1-3-7-11/h5-8,15-16,20H,2-4,9-14H2,1H3;2-7,13H,1H3;10,12H,1-9H2. The second kappa shape index (κ2) is 17.8. The summed E-state index contributed by atoms with van der Waals surface area (Å²) in [6, 6.07) is 22.0. The van der Waals surface area contributed by atoms with Crippen LogP contribution in [-0.2, 0) is 9.47 Å². The summed E-state index contributed by atoms with van der Waals surface area (Å²) in [6.45, 7) is 0. The highest BCUT2D eigenvalue weighted by molar-refractivity contribution is 5.96. The van der Waals surface area contributed by atoms with Crippen molar-refractivity contribution in [1.29, 1.82) is 0 Å². The number of aliphatic hydroxyl groups excluding tert-OH is 1. The molecule has 2 N–H and O–H groups in total. The molecule has 0 heterocycles. The number of aromatic hydroxyl groups is 1. The van der Waals surface area contributed by atoms with Crippen LogP contribution in [0.4, 0.5) is 0 Å². The molecule has 53 heavy (non-hydrogen) atoms. The fraction of sp³-hybridized carbons (Fsp3) is 0.522. The maximum absolute atomic E-state index is 11.7. The van der Waals surface area contributed by atoms with Crippen LogP contribution in [0.15, 0.2) is 72.8 Å². The zero-order chi connectivity index (χ0) is 37.3. The molecule has 0 amide bonds. The van der Waals surface area contributed by atoms with Gasteiger partial charge in [0, 0.05) is 0 Å². The van der Waals surface area contributed by atoms with E-state index in [4.69, 9.17) is 9.47 Å². The van der Waals surface area contributed by atoms with Gasteiger partial charge in [-0.05, 0) is 158 Å². The molecule has 0 aliphatic heterocycles. The number of hydrogen-bond acceptors (Lipinski definition) is 7. The minimum atomic E-state index is -0.357. The maximum atomic E-state index is 11.7. The lowest BCUT2D eigenvalue weighted by atomic mass is 9.65. The molecule has 0 saturated heterocycles. The lowest BCUT2D eigenvalue weighted by molar-refractivity contribution is 0.0397. The molecule has 0 unspecified atom stereocenters. The maximum Gasteiger partial charge on any atom is 0.337 e. The first-order valence-electron chi connectivity index (χ1n) is 20.0. The van der Waals surface area contributed by atoms with Gasteiger partial charge in [0.2, 0.25) is 0 Å². The lowest BCUT2D eigenvalue weighted by Gasteiger charge is -2.42. The first-order valence-corrected chi connectivity index (χ1v) is 20.0. The number of esters is 2. The quantitative estimate of drug-likeness (QED) is 0.202. The van der Waals surface area contributed by atoms with E-state index in [2.05, 4.69) is 10.8 Å². The smallest absolute Gasteiger partial charge is 0.337 e. The van der Waals surface area contributed by atoms with Gasteiger partial charge < -0.3 is 24.4 Å². The highest BCUT2D eigenvalue weighted by Gasteiger charge is 2.37. The van der Waals surface area contributed by atoms with Crippen molar-refractivity contribution in [3.63, 3.8) is 0 Å². The molecule has 8 rings (SSSR count). The molecule has 4 fully saturated rings. The molecular weight excluding hydrogens is 664 g/mol. The molecule has 7 nitrogen and oxygen atoms in total. The number of ether oxygens (including phenoxy) is 3. The molecule has 0 atom stereocenters. The largest absolute Gasteiger partial charge is 0.508 e. The zero-order valence-corrected chi connectivity index (χ0v) is 31.7. The summed E-state index contributed by atoms with van der Waals surface area (Å²) in [5.41, 5.74) is 2.40. The Hall–Kier alpha value is -4.10. The average molecular weight is 723 g/mol. The fourth-order valence-electron chi connectivity index (χ4n) is 9.35. The lowest BCUT2D eigenvalue weighted by Crippen LogP contribution is -2.33. The molecule has 0 bridgehead atoms. The summed E-state index contributed by atoms with van der Waals surface area (Å²) in [5.74, 6) is 0.497. The number of methoxy groups -OCH3 is 2. The second-order valence-corrected chi connectivity index (χ2v) is 16.1. The van der Waals surface area contributed by atoms with Gasteiger partial charge in [-0.2, -0.15) is 0 Å². The Bertz CT molecular complexity index is 1810. The molecule has 4 aromatic rings. The van der Waals surface area contributed by atoms with E-state index >= 15 is 0 Å². The monoisotopic (exact) mass is 722 g/mol. The topological polar surface area (TPSA) is 102 Å². The van der Waals surface area contributed by atoms with Crippen LogP contribution in [0, 0.1) is 10.8 Å². The highest BCUT2D eigenvalue weighted by Crippen LogP contribution is 2.48. The van der Waals surface area contributed by atoms with E-state index in [9.17, 15) is 19.8 Å². The Balaban J connectivity index is 0.000000150. The van der Waals surface area contributed by atoms with Crippen molar-refractivity contribution in [3.05, 3.63) is 83.9 Å². The minimum absolute atomic E-state index is 0.0255. The number of benzene rings is 4. The van der Waals surface area contributed by atoms with Gasteiger partial charge in [-0.3, -0.25) is 0 Å². The van der Waals surface area contributed by atoms with Crippen LogP contribution in [0.1, 0.15) is 136 Å². The number of hydrogen-bond donors (Lipinski definition) is 2. The van der Waals surface area contributed by atoms with E-state index in [1.807, 2.05) is 30.3 Å². The van der Waals surface area contributed by atoms with Crippen LogP contribution in [0.3, 0.4) is 0 Å². The predicted octanol–water partition coefficient (Wildman–Crippen LogP) is 11.1. The van der Waals surface area contributed by atoms with Crippen molar-refractivity contribution >= 4 is 33.5 Å². The van der Waals surface area contributed by atoms with Gasteiger partial charge in [0.15, 0.2) is 0 Å². The molecule has 2 spiro atoms. The highest BCUT2D eigenvalue weighted by atomic mass is 16.5. The van der Waals surface area contributed by atoms with Gasteiger partial charge in [0.25, 0.3) is 0 Å². The minimum Gasteiger partial charge on any atom is -0.508 e. The fourth-order valence-corrected chi connectivity index (χ4v) is 9.35. The third-order valence-electron chi connectivity index (χ3n) is 12.6. The van der Waals surface area contributed by atoms with Crippen LogP contribution in [-0.4, -0.2) is 48.6 Å². The summed E-state index contributed by atoms with van der Waals surface area (Å²) in [6.07, 6.45) is 24.5. The Morgan fingerprint density at radius 1 is 0.547 bits per heavy atom. The molecule has 0 aromatic heterocycles. The predicted molar refractivity (Wildman–Crippen MR) is 211 cm³/mol. The summed E-state index contributed by atoms with van der Waals surface area (Å²) in [4.78, 5) is 22.9. The van der Waals surface area contributed by atoms with Gasteiger partial charge in [-0.1, -0.05) is 62.8 Å². The summed E-state index contributed by atoms with van der Waals surface area (Å²) in [7, 11) is 2.76. The number of aliphatic hydroxyl groups is 1. The van der Waals surface area contributed by atoms with Crippen LogP contribution in [0.25, 0.3) is 21.5 Å². The Labute approximate surface area is 315 Å². The summed E-state index contributed by atoms with van der Waals surface area (Å²) < 4.78 is 15.7. The van der Waals surface area contributed by atoms with Gasteiger partial charge >= 0.3 is 11.9 Å². The molecule has 4 aromatic carbocycles. The first kappa shape index (κ1) is 38.6. The molecule has 4 aliphatic carbocycles. The second-order valence-electron chi connectivity index (χ2n) is 16.1. The van der Waals surface area contributed by atoms with Crippen LogP contribution in [0.2, 0.25) is 0 Å². The average Bonchev–Trinajstić information content (AvgIpc) is 3.20. The number of phenols is 1. The van der Waals surface area contributed by atoms with Gasteiger partial charge in [-0.25, -0.2) is 9.59 Å². The van der Waals surface area contributed by atoms with Gasteiger partial charge in [-0.15, -0.1) is 0 Å². The Morgan fingerprint density at radius 2 is 0.981 bits per heavy atom. The molecule has 7 heteroatoms. The van der Waals surface area contributed by atoms with E-state index in [0.717, 1.165) is 40.1 Å². The van der Waals surface area contributed by atoms with Crippen LogP contribution in [0.5, 0.6) is 11.5 Å². The van der Waals surface area contributed by atoms with Crippen molar-refractivity contribution in [2.45, 2.75) is 128 Å². The normalized spacial score (nSPS) is 20.8. The zero-order valence-electron chi connectivity index (χ0n) is 31.7. The molecule has 4 aliphatic rings. The number of carbonyl (C=O) groups excluding carboxylic acids is 2.